The second-order valence-corrected chi connectivity index (χ2v) is 4.74. The number of hydrogen-bond acceptors (Lipinski definition) is 5. The van der Waals surface area contributed by atoms with Crippen molar-refractivity contribution in [3.8, 4) is 0 Å². The average molecular weight is 303 g/mol. The molecule has 1 aromatic rings. The fourth-order valence-corrected chi connectivity index (χ4v) is 1.66. The van der Waals surface area contributed by atoms with Crippen molar-refractivity contribution in [2.24, 2.45) is 5.73 Å². The molecule has 2 unspecified atom stereocenters. The lowest BCUT2D eigenvalue weighted by atomic mass is 10.2. The maximum atomic E-state index is 10.6. The van der Waals surface area contributed by atoms with Gasteiger partial charge in [0.2, 0.25) is 5.91 Å². The Labute approximate surface area is 122 Å². The molecule has 1 amide bonds. The number of hydrogen-bond donors (Lipinski definition) is 4. The molecule has 20 heavy (non-hydrogen) atoms. The number of carbonyl (C=O) groups excluding carboxylic acids is 1. The van der Waals surface area contributed by atoms with Gasteiger partial charge in [-0.1, -0.05) is 29.8 Å². The van der Waals surface area contributed by atoms with Crippen LogP contribution in [0.1, 0.15) is 5.56 Å². The van der Waals surface area contributed by atoms with Crippen molar-refractivity contribution in [1.29, 1.82) is 0 Å². The minimum absolute atomic E-state index is 0.00307. The molecule has 5 N–H and O–H groups in total. The Hall–Kier alpha value is -1.18. The van der Waals surface area contributed by atoms with Crippen molar-refractivity contribution < 1.29 is 19.7 Å². The number of aliphatic hydroxyl groups is 2. The van der Waals surface area contributed by atoms with Crippen molar-refractivity contribution in [2.45, 2.75) is 18.8 Å². The highest BCUT2D eigenvalue weighted by atomic mass is 35.5. The highest BCUT2D eigenvalue weighted by molar-refractivity contribution is 6.31. The fourth-order valence-electron chi connectivity index (χ4n) is 1.47. The number of carbonyl (C=O) groups is 1. The van der Waals surface area contributed by atoms with E-state index in [-0.39, 0.29) is 19.7 Å². The molecule has 2 atom stereocenters. The Morgan fingerprint density at radius 1 is 1.35 bits per heavy atom. The summed E-state index contributed by atoms with van der Waals surface area (Å²) >= 11 is 5.96. The lowest BCUT2D eigenvalue weighted by Crippen LogP contribution is -2.40. The summed E-state index contributed by atoms with van der Waals surface area (Å²) in [6, 6.07) is 7.29. The van der Waals surface area contributed by atoms with Gasteiger partial charge >= 0.3 is 0 Å². The number of nitrogens with two attached hydrogens (primary N) is 1. The first-order valence-electron chi connectivity index (χ1n) is 6.18. The number of nitrogens with one attached hydrogen (secondary N) is 1. The first kappa shape index (κ1) is 16.9. The lowest BCUT2D eigenvalue weighted by Gasteiger charge is -2.14. The van der Waals surface area contributed by atoms with Crippen LogP contribution >= 0.6 is 11.6 Å². The van der Waals surface area contributed by atoms with Crippen molar-refractivity contribution in [3.63, 3.8) is 0 Å². The van der Waals surface area contributed by atoms with Gasteiger partial charge in [0.25, 0.3) is 0 Å². The number of amides is 1. The van der Waals surface area contributed by atoms with Gasteiger partial charge in [0.1, 0.15) is 6.10 Å². The zero-order valence-corrected chi connectivity index (χ0v) is 11.7. The molecule has 0 bridgehead atoms. The van der Waals surface area contributed by atoms with Crippen LogP contribution in [-0.2, 0) is 16.1 Å². The van der Waals surface area contributed by atoms with E-state index in [0.717, 1.165) is 5.56 Å². The maximum Gasteiger partial charge on any atom is 0.247 e. The van der Waals surface area contributed by atoms with Crippen LogP contribution in [0, 0.1) is 0 Å². The van der Waals surface area contributed by atoms with E-state index < -0.39 is 18.1 Å². The number of benzene rings is 1. The van der Waals surface area contributed by atoms with Crippen LogP contribution in [0.3, 0.4) is 0 Å². The van der Waals surface area contributed by atoms with Crippen molar-refractivity contribution in [3.05, 3.63) is 34.9 Å². The molecular formula is C13H19ClN2O4. The first-order valence-corrected chi connectivity index (χ1v) is 6.55. The van der Waals surface area contributed by atoms with Gasteiger partial charge in [-0.05, 0) is 11.6 Å². The van der Waals surface area contributed by atoms with E-state index in [1.165, 1.54) is 0 Å². The van der Waals surface area contributed by atoms with E-state index in [9.17, 15) is 9.90 Å². The Balaban J connectivity index is 2.16. The van der Waals surface area contributed by atoms with Crippen LogP contribution in [0.5, 0.6) is 0 Å². The summed E-state index contributed by atoms with van der Waals surface area (Å²) in [5, 5.41) is 22.1. The topological polar surface area (TPSA) is 105 Å². The molecule has 0 aliphatic heterocycles. The van der Waals surface area contributed by atoms with Gasteiger partial charge in [-0.25, -0.2) is 0 Å². The highest BCUT2D eigenvalue weighted by Gasteiger charge is 2.11. The molecule has 7 heteroatoms. The summed E-state index contributed by atoms with van der Waals surface area (Å²) in [6.45, 7) is 0.606. The van der Waals surface area contributed by atoms with Gasteiger partial charge in [0, 0.05) is 18.1 Å². The summed E-state index contributed by atoms with van der Waals surface area (Å²) in [6.07, 6.45) is -2.01. The van der Waals surface area contributed by atoms with Gasteiger partial charge in [-0.3, -0.25) is 4.79 Å². The van der Waals surface area contributed by atoms with Gasteiger partial charge in [0.15, 0.2) is 0 Å². The largest absolute Gasteiger partial charge is 0.389 e. The smallest absolute Gasteiger partial charge is 0.247 e. The van der Waals surface area contributed by atoms with E-state index in [2.05, 4.69) is 5.32 Å². The number of rotatable bonds is 9. The van der Waals surface area contributed by atoms with Crippen LogP contribution in [0.15, 0.2) is 24.3 Å². The summed E-state index contributed by atoms with van der Waals surface area (Å²) < 4.78 is 5.34. The van der Waals surface area contributed by atoms with Gasteiger partial charge in [0.05, 0.1) is 19.3 Å². The van der Waals surface area contributed by atoms with Crippen molar-refractivity contribution >= 4 is 17.5 Å². The molecule has 112 valence electrons. The van der Waals surface area contributed by atoms with Crippen molar-refractivity contribution in [1.82, 2.24) is 5.32 Å². The number of halogens is 1. The van der Waals surface area contributed by atoms with Gasteiger partial charge in [-0.15, -0.1) is 0 Å². The van der Waals surface area contributed by atoms with Crippen LogP contribution < -0.4 is 11.1 Å². The molecule has 0 spiro atoms. The standard InChI is InChI=1S/C13H19ClN2O4/c14-11-4-2-1-3-9(11)7-20-8-10(17)5-16-6-12(18)13(15)19/h1-4,10,12,16-18H,5-8H2,(H2,15,19). The molecule has 0 aliphatic carbocycles. The third kappa shape index (κ3) is 6.31. The summed E-state index contributed by atoms with van der Waals surface area (Å²) in [4.78, 5) is 10.6. The highest BCUT2D eigenvalue weighted by Crippen LogP contribution is 2.15. The molecule has 0 saturated carbocycles. The number of aliphatic hydroxyl groups excluding tert-OH is 2. The quantitative estimate of drug-likeness (QED) is 0.499. The number of ether oxygens (including phenoxy) is 1. The molecule has 6 nitrogen and oxygen atoms in total. The fraction of sp³-hybridized carbons (Fsp3) is 0.462. The predicted octanol–water partition coefficient (Wildman–Crippen LogP) is -0.347. The molecule has 0 saturated heterocycles. The summed E-state index contributed by atoms with van der Waals surface area (Å²) in [5.74, 6) is -0.804. The third-order valence-corrected chi connectivity index (χ3v) is 2.94. The minimum Gasteiger partial charge on any atom is -0.389 e. The normalized spacial score (nSPS) is 13.9. The molecule has 0 aliphatic rings. The Morgan fingerprint density at radius 2 is 2.05 bits per heavy atom. The van der Waals surface area contributed by atoms with Crippen LogP contribution in [-0.4, -0.2) is 48.0 Å². The monoisotopic (exact) mass is 302 g/mol. The van der Waals surface area contributed by atoms with E-state index in [0.29, 0.717) is 11.6 Å². The summed E-state index contributed by atoms with van der Waals surface area (Å²) in [5.41, 5.74) is 5.73. The zero-order chi connectivity index (χ0) is 15.0. The SMILES string of the molecule is NC(=O)C(O)CNCC(O)COCc1ccccc1Cl. The van der Waals surface area contributed by atoms with E-state index in [1.807, 2.05) is 18.2 Å². The second kappa shape index (κ2) is 8.89. The van der Waals surface area contributed by atoms with Crippen LogP contribution in [0.4, 0.5) is 0 Å². The van der Waals surface area contributed by atoms with Gasteiger partial charge < -0.3 is 26.0 Å². The zero-order valence-electron chi connectivity index (χ0n) is 11.0. The minimum atomic E-state index is -1.26. The number of primary amides is 1. The molecule has 0 radical (unpaired) electrons. The van der Waals surface area contributed by atoms with Crippen LogP contribution in [0.2, 0.25) is 5.02 Å². The lowest BCUT2D eigenvalue weighted by molar-refractivity contribution is -0.125. The van der Waals surface area contributed by atoms with Crippen molar-refractivity contribution in [2.75, 3.05) is 19.7 Å². The maximum absolute atomic E-state index is 10.6. The molecule has 0 fully saturated rings. The van der Waals surface area contributed by atoms with Gasteiger partial charge in [-0.2, -0.15) is 0 Å². The molecule has 1 rings (SSSR count). The Morgan fingerprint density at radius 3 is 2.70 bits per heavy atom. The summed E-state index contributed by atoms with van der Waals surface area (Å²) in [7, 11) is 0. The Bertz CT molecular complexity index is 431. The Kier molecular flexibility index (Phi) is 7.50. The second-order valence-electron chi connectivity index (χ2n) is 4.34. The van der Waals surface area contributed by atoms with E-state index >= 15 is 0 Å². The van der Waals surface area contributed by atoms with E-state index in [4.69, 9.17) is 27.2 Å². The molecule has 0 heterocycles. The average Bonchev–Trinajstić information content (AvgIpc) is 2.40. The van der Waals surface area contributed by atoms with E-state index in [1.54, 1.807) is 6.07 Å². The molecular weight excluding hydrogens is 284 g/mol. The first-order chi connectivity index (χ1) is 9.50. The predicted molar refractivity (Wildman–Crippen MR) is 75.2 cm³/mol. The molecule has 0 aromatic heterocycles. The third-order valence-electron chi connectivity index (χ3n) is 2.57. The van der Waals surface area contributed by atoms with Crippen LogP contribution in [0.25, 0.3) is 0 Å². The molecule has 1 aromatic carbocycles.